The van der Waals surface area contributed by atoms with E-state index in [-0.39, 0.29) is 11.4 Å². The summed E-state index contributed by atoms with van der Waals surface area (Å²) in [6, 6.07) is 2.61. The number of hydrogen-bond acceptors (Lipinski definition) is 7. The molecule has 1 saturated heterocycles. The third-order valence-electron chi connectivity index (χ3n) is 2.96. The van der Waals surface area contributed by atoms with E-state index in [9.17, 15) is 19.7 Å². The molecule has 1 aromatic carbocycles. The van der Waals surface area contributed by atoms with Gasteiger partial charge < -0.3 is 14.8 Å². The fourth-order valence-electron chi connectivity index (χ4n) is 1.86. The van der Waals surface area contributed by atoms with Gasteiger partial charge in [-0.2, -0.15) is 0 Å². The first-order chi connectivity index (χ1) is 10.6. The van der Waals surface area contributed by atoms with Crippen molar-refractivity contribution < 1.29 is 24.0 Å². The number of cyclic esters (lactones) is 2. The second-order valence-electron chi connectivity index (χ2n) is 5.26. The molecule has 0 bridgehead atoms. The van der Waals surface area contributed by atoms with Gasteiger partial charge in [0.05, 0.1) is 4.92 Å². The Morgan fingerprint density at radius 1 is 1.26 bits per heavy atom. The molecular weight excluding hydrogens is 328 g/mol. The number of ether oxygens (including phenoxy) is 2. The maximum absolute atomic E-state index is 11.8. The largest absolute Gasteiger partial charge is 0.419 e. The van der Waals surface area contributed by atoms with Gasteiger partial charge in [-0.25, -0.2) is 9.59 Å². The second-order valence-corrected chi connectivity index (χ2v) is 5.66. The first kappa shape index (κ1) is 16.8. The minimum absolute atomic E-state index is 0.0310. The lowest BCUT2D eigenvalue weighted by atomic mass is 10.2. The summed E-state index contributed by atoms with van der Waals surface area (Å²) in [6.45, 7) is 4.45. The molecule has 1 aliphatic heterocycles. The van der Waals surface area contributed by atoms with Crippen LogP contribution in [0.15, 0.2) is 23.9 Å². The third kappa shape index (κ3) is 3.59. The molecule has 1 fully saturated rings. The van der Waals surface area contributed by atoms with E-state index in [1.165, 1.54) is 26.0 Å². The SMILES string of the molecule is Cc1cc([N+](=O)[O-])c(NC=C2C(=O)OC(C)(C)OC2=O)cc1Cl. The molecule has 0 saturated carbocycles. The van der Waals surface area contributed by atoms with Gasteiger partial charge in [-0.1, -0.05) is 11.6 Å². The number of benzene rings is 1. The average Bonchev–Trinajstić information content (AvgIpc) is 2.39. The molecule has 0 spiro atoms. The summed E-state index contributed by atoms with van der Waals surface area (Å²) in [4.78, 5) is 34.0. The summed E-state index contributed by atoms with van der Waals surface area (Å²) in [7, 11) is 0. The number of nitro groups is 1. The zero-order chi connectivity index (χ0) is 17.4. The Labute approximate surface area is 136 Å². The lowest BCUT2D eigenvalue weighted by Gasteiger charge is -2.29. The van der Waals surface area contributed by atoms with Crippen molar-refractivity contribution in [1.82, 2.24) is 0 Å². The Kier molecular flexibility index (Phi) is 4.28. The number of aryl methyl sites for hydroxylation is 1. The normalized spacial score (nSPS) is 16.4. The minimum Gasteiger partial charge on any atom is -0.419 e. The van der Waals surface area contributed by atoms with E-state index >= 15 is 0 Å². The van der Waals surface area contributed by atoms with Gasteiger partial charge >= 0.3 is 11.9 Å². The van der Waals surface area contributed by atoms with Gasteiger partial charge in [0.2, 0.25) is 0 Å². The summed E-state index contributed by atoms with van der Waals surface area (Å²) in [5, 5.41) is 13.9. The van der Waals surface area contributed by atoms with Crippen LogP contribution in [-0.2, 0) is 19.1 Å². The van der Waals surface area contributed by atoms with Gasteiger partial charge in [0, 0.05) is 31.1 Å². The number of esters is 2. The molecule has 2 rings (SSSR count). The summed E-state index contributed by atoms with van der Waals surface area (Å²) in [5.41, 5.74) is -0.102. The van der Waals surface area contributed by atoms with Crippen LogP contribution in [0.1, 0.15) is 19.4 Å². The maximum atomic E-state index is 11.8. The van der Waals surface area contributed by atoms with Gasteiger partial charge in [-0.15, -0.1) is 0 Å². The van der Waals surface area contributed by atoms with Crippen LogP contribution >= 0.6 is 11.6 Å². The Bertz CT molecular complexity index is 719. The molecule has 122 valence electrons. The summed E-state index contributed by atoms with van der Waals surface area (Å²) in [5.74, 6) is -3.13. The predicted molar refractivity (Wildman–Crippen MR) is 80.8 cm³/mol. The van der Waals surface area contributed by atoms with Crippen LogP contribution < -0.4 is 5.32 Å². The highest BCUT2D eigenvalue weighted by molar-refractivity contribution is 6.31. The van der Waals surface area contributed by atoms with Crippen LogP contribution in [-0.4, -0.2) is 22.6 Å². The van der Waals surface area contributed by atoms with Crippen molar-refractivity contribution in [2.24, 2.45) is 0 Å². The van der Waals surface area contributed by atoms with Gasteiger partial charge in [0.25, 0.3) is 11.5 Å². The van der Waals surface area contributed by atoms with E-state index in [0.717, 1.165) is 6.20 Å². The average molecular weight is 341 g/mol. The number of carbonyl (C=O) groups is 2. The molecule has 0 unspecified atom stereocenters. The predicted octanol–water partition coefficient (Wildman–Crippen LogP) is 2.69. The molecule has 0 aliphatic carbocycles. The number of nitro benzene ring substituents is 1. The highest BCUT2D eigenvalue weighted by Gasteiger charge is 2.39. The monoisotopic (exact) mass is 340 g/mol. The molecule has 0 atom stereocenters. The topological polar surface area (TPSA) is 108 Å². The molecule has 9 heteroatoms. The fourth-order valence-corrected chi connectivity index (χ4v) is 2.02. The quantitative estimate of drug-likeness (QED) is 0.296. The molecule has 1 N–H and O–H groups in total. The van der Waals surface area contributed by atoms with Crippen LogP contribution in [0.4, 0.5) is 11.4 Å². The highest BCUT2D eigenvalue weighted by Crippen LogP contribution is 2.31. The number of hydrogen-bond donors (Lipinski definition) is 1. The molecule has 1 aliphatic rings. The van der Waals surface area contributed by atoms with Crippen molar-refractivity contribution in [1.29, 1.82) is 0 Å². The van der Waals surface area contributed by atoms with Crippen LogP contribution in [0.5, 0.6) is 0 Å². The first-order valence-corrected chi connectivity index (χ1v) is 6.86. The summed E-state index contributed by atoms with van der Waals surface area (Å²) in [6.07, 6.45) is 0.994. The minimum atomic E-state index is -1.36. The van der Waals surface area contributed by atoms with Gasteiger partial charge in [-0.05, 0) is 18.6 Å². The van der Waals surface area contributed by atoms with E-state index in [1.54, 1.807) is 6.92 Å². The van der Waals surface area contributed by atoms with Crippen LogP contribution in [0.2, 0.25) is 5.02 Å². The van der Waals surface area contributed by atoms with E-state index in [0.29, 0.717) is 10.6 Å². The maximum Gasteiger partial charge on any atom is 0.350 e. The van der Waals surface area contributed by atoms with Crippen LogP contribution in [0.25, 0.3) is 0 Å². The van der Waals surface area contributed by atoms with E-state index in [4.69, 9.17) is 21.1 Å². The lowest BCUT2D eigenvalue weighted by molar-refractivity contribution is -0.384. The van der Waals surface area contributed by atoms with Crippen molar-refractivity contribution in [2.75, 3.05) is 5.32 Å². The lowest BCUT2D eigenvalue weighted by Crippen LogP contribution is -2.42. The van der Waals surface area contributed by atoms with Crippen molar-refractivity contribution in [3.63, 3.8) is 0 Å². The highest BCUT2D eigenvalue weighted by atomic mass is 35.5. The summed E-state index contributed by atoms with van der Waals surface area (Å²) >= 11 is 5.94. The molecule has 0 radical (unpaired) electrons. The first-order valence-electron chi connectivity index (χ1n) is 6.48. The Balaban J connectivity index is 2.33. The smallest absolute Gasteiger partial charge is 0.350 e. The number of nitrogens with zero attached hydrogens (tertiary/aromatic N) is 1. The number of nitrogens with one attached hydrogen (secondary N) is 1. The number of carbonyl (C=O) groups excluding carboxylic acids is 2. The van der Waals surface area contributed by atoms with Crippen LogP contribution in [0.3, 0.4) is 0 Å². The molecule has 0 aromatic heterocycles. The molecule has 0 amide bonds. The van der Waals surface area contributed by atoms with E-state index < -0.39 is 28.2 Å². The molecule has 23 heavy (non-hydrogen) atoms. The van der Waals surface area contributed by atoms with E-state index in [1.807, 2.05) is 0 Å². The van der Waals surface area contributed by atoms with Crippen molar-refractivity contribution in [3.8, 4) is 0 Å². The van der Waals surface area contributed by atoms with Crippen molar-refractivity contribution in [3.05, 3.63) is 44.6 Å². The number of halogens is 1. The second kappa shape index (κ2) is 5.88. The zero-order valence-corrected chi connectivity index (χ0v) is 13.3. The summed E-state index contributed by atoms with van der Waals surface area (Å²) < 4.78 is 9.83. The molecular formula is C14H13ClN2O6. The molecule has 1 aromatic rings. The van der Waals surface area contributed by atoms with Gasteiger partial charge in [-0.3, -0.25) is 10.1 Å². The van der Waals surface area contributed by atoms with Crippen molar-refractivity contribution in [2.45, 2.75) is 26.6 Å². The van der Waals surface area contributed by atoms with Gasteiger partial charge in [0.15, 0.2) is 5.57 Å². The van der Waals surface area contributed by atoms with Gasteiger partial charge in [0.1, 0.15) is 5.69 Å². The van der Waals surface area contributed by atoms with Crippen LogP contribution in [0, 0.1) is 17.0 Å². The van der Waals surface area contributed by atoms with E-state index in [2.05, 4.69) is 5.32 Å². The van der Waals surface area contributed by atoms with Crippen molar-refractivity contribution >= 4 is 34.9 Å². The zero-order valence-electron chi connectivity index (χ0n) is 12.5. The fraction of sp³-hybridized carbons (Fsp3) is 0.286. The number of rotatable bonds is 3. The Morgan fingerprint density at radius 3 is 2.35 bits per heavy atom. The standard InChI is InChI=1S/C14H13ClN2O6/c1-7-4-11(17(20)21)10(5-9(7)15)16-6-8-12(18)22-14(2,3)23-13(8)19/h4-6,16H,1-3H3. The molecule has 8 nitrogen and oxygen atoms in total. The molecule has 1 heterocycles. The number of anilines is 1. The third-order valence-corrected chi connectivity index (χ3v) is 3.37. The Morgan fingerprint density at radius 2 is 1.83 bits per heavy atom. The Hall–Kier alpha value is -2.61.